The molecular weight excluding hydrogens is 269 g/mol. The van der Waals surface area contributed by atoms with Crippen molar-refractivity contribution < 1.29 is 9.18 Å². The number of amides is 1. The van der Waals surface area contributed by atoms with Crippen LogP contribution in [0.25, 0.3) is 0 Å². The molecule has 2 N–H and O–H groups in total. The lowest BCUT2D eigenvalue weighted by Gasteiger charge is -2.09. The zero-order chi connectivity index (χ0) is 15.2. The molecule has 0 radical (unpaired) electrons. The molecular formula is C16H18FN3O. The summed E-state index contributed by atoms with van der Waals surface area (Å²) < 4.78 is 13.1. The first-order valence-corrected chi connectivity index (χ1v) is 6.81. The van der Waals surface area contributed by atoms with Crippen LogP contribution in [-0.2, 0) is 0 Å². The van der Waals surface area contributed by atoms with Gasteiger partial charge in [0.05, 0.1) is 0 Å². The van der Waals surface area contributed by atoms with E-state index < -0.39 is 0 Å². The van der Waals surface area contributed by atoms with Crippen molar-refractivity contribution in [1.29, 1.82) is 0 Å². The molecule has 2 aromatic rings. The number of hydrogen-bond acceptors (Lipinski definition) is 3. The van der Waals surface area contributed by atoms with Gasteiger partial charge >= 0.3 is 0 Å². The predicted octanol–water partition coefficient (Wildman–Crippen LogP) is 3.35. The number of carbonyl (C=O) groups excluding carboxylic acids is 1. The number of nitrogens with zero attached hydrogens (tertiary/aromatic N) is 1. The van der Waals surface area contributed by atoms with Gasteiger partial charge in [-0.15, -0.1) is 0 Å². The molecule has 0 aliphatic carbocycles. The second kappa shape index (κ2) is 6.83. The molecule has 1 amide bonds. The molecule has 1 aromatic carbocycles. The van der Waals surface area contributed by atoms with Crippen LogP contribution in [0.5, 0.6) is 0 Å². The molecule has 0 saturated carbocycles. The van der Waals surface area contributed by atoms with Gasteiger partial charge in [-0.25, -0.2) is 4.39 Å². The Balaban J connectivity index is 2.08. The van der Waals surface area contributed by atoms with Crippen LogP contribution in [0.15, 0.2) is 42.6 Å². The van der Waals surface area contributed by atoms with Crippen molar-refractivity contribution in [2.75, 3.05) is 11.9 Å². The maximum absolute atomic E-state index is 13.1. The summed E-state index contributed by atoms with van der Waals surface area (Å²) in [4.78, 5) is 16.0. The molecule has 1 heterocycles. The smallest absolute Gasteiger partial charge is 0.269 e. The molecule has 0 unspecified atom stereocenters. The van der Waals surface area contributed by atoms with Crippen molar-refractivity contribution >= 4 is 17.3 Å². The molecule has 4 nitrogen and oxygen atoms in total. The van der Waals surface area contributed by atoms with E-state index in [0.29, 0.717) is 29.5 Å². The normalized spacial score (nSPS) is 10.5. The number of rotatable bonds is 5. The van der Waals surface area contributed by atoms with Gasteiger partial charge in [0.2, 0.25) is 0 Å². The highest BCUT2D eigenvalue weighted by Crippen LogP contribution is 2.17. The maximum atomic E-state index is 13.1. The fourth-order valence-electron chi connectivity index (χ4n) is 1.75. The number of anilines is 2. The van der Waals surface area contributed by atoms with Crippen LogP contribution in [0.2, 0.25) is 0 Å². The van der Waals surface area contributed by atoms with E-state index in [2.05, 4.69) is 15.6 Å². The van der Waals surface area contributed by atoms with E-state index in [1.54, 1.807) is 30.5 Å². The molecule has 0 saturated heterocycles. The Hall–Kier alpha value is -2.43. The number of nitrogens with one attached hydrogen (secondary N) is 2. The Labute approximate surface area is 123 Å². The van der Waals surface area contributed by atoms with Gasteiger partial charge < -0.3 is 10.6 Å². The average Bonchev–Trinajstić information content (AvgIpc) is 2.45. The summed E-state index contributed by atoms with van der Waals surface area (Å²) in [6.45, 7) is 4.65. The van der Waals surface area contributed by atoms with E-state index >= 15 is 0 Å². The van der Waals surface area contributed by atoms with Crippen LogP contribution in [0.4, 0.5) is 15.8 Å². The van der Waals surface area contributed by atoms with Gasteiger partial charge in [-0.3, -0.25) is 9.78 Å². The van der Waals surface area contributed by atoms with Crippen molar-refractivity contribution in [3.63, 3.8) is 0 Å². The molecule has 1 aromatic heterocycles. The second-order valence-electron chi connectivity index (χ2n) is 5.17. The standard InChI is InChI=1S/C16H18FN3O/c1-11(2)10-19-16(21)15-9-14(6-7-18-15)20-13-5-3-4-12(17)8-13/h3-9,11H,10H2,1-2H3,(H,18,20)(H,19,21). The van der Waals surface area contributed by atoms with Crippen molar-refractivity contribution in [2.24, 2.45) is 5.92 Å². The molecule has 0 spiro atoms. The van der Waals surface area contributed by atoms with E-state index in [1.165, 1.54) is 12.1 Å². The summed E-state index contributed by atoms with van der Waals surface area (Å²) in [5.41, 5.74) is 1.64. The van der Waals surface area contributed by atoms with E-state index in [0.717, 1.165) is 0 Å². The molecule has 0 atom stereocenters. The number of aromatic nitrogens is 1. The molecule has 0 aliphatic rings. The molecule has 0 aliphatic heterocycles. The fraction of sp³-hybridized carbons (Fsp3) is 0.250. The largest absolute Gasteiger partial charge is 0.355 e. The predicted molar refractivity (Wildman–Crippen MR) is 81.1 cm³/mol. The summed E-state index contributed by atoms with van der Waals surface area (Å²) in [7, 11) is 0. The van der Waals surface area contributed by atoms with Gasteiger partial charge in [-0.1, -0.05) is 19.9 Å². The average molecular weight is 287 g/mol. The number of carbonyl (C=O) groups is 1. The summed E-state index contributed by atoms with van der Waals surface area (Å²) in [6.07, 6.45) is 1.55. The van der Waals surface area contributed by atoms with Crippen molar-refractivity contribution in [1.82, 2.24) is 10.3 Å². The molecule has 0 bridgehead atoms. The first-order valence-electron chi connectivity index (χ1n) is 6.81. The van der Waals surface area contributed by atoms with Crippen LogP contribution in [0.3, 0.4) is 0 Å². The summed E-state index contributed by atoms with van der Waals surface area (Å²) in [5.74, 6) is -0.155. The van der Waals surface area contributed by atoms with Gasteiger partial charge in [0.25, 0.3) is 5.91 Å². The first kappa shape index (κ1) is 15.0. The minimum absolute atomic E-state index is 0.216. The highest BCUT2D eigenvalue weighted by atomic mass is 19.1. The van der Waals surface area contributed by atoms with E-state index in [9.17, 15) is 9.18 Å². The maximum Gasteiger partial charge on any atom is 0.269 e. The fourth-order valence-corrected chi connectivity index (χ4v) is 1.75. The third kappa shape index (κ3) is 4.56. The quantitative estimate of drug-likeness (QED) is 0.886. The Bertz CT molecular complexity index is 628. The van der Waals surface area contributed by atoms with Crippen molar-refractivity contribution in [3.8, 4) is 0 Å². The highest BCUT2D eigenvalue weighted by molar-refractivity contribution is 5.93. The Morgan fingerprint density at radius 3 is 2.71 bits per heavy atom. The monoisotopic (exact) mass is 287 g/mol. The first-order chi connectivity index (χ1) is 10.0. The SMILES string of the molecule is CC(C)CNC(=O)c1cc(Nc2cccc(F)c2)ccn1. The third-order valence-electron chi connectivity index (χ3n) is 2.78. The zero-order valence-corrected chi connectivity index (χ0v) is 12.1. The van der Waals surface area contributed by atoms with Crippen LogP contribution >= 0.6 is 0 Å². The van der Waals surface area contributed by atoms with Crippen LogP contribution in [-0.4, -0.2) is 17.4 Å². The van der Waals surface area contributed by atoms with Gasteiger partial charge in [-0.2, -0.15) is 0 Å². The lowest BCUT2D eigenvalue weighted by Crippen LogP contribution is -2.28. The molecule has 5 heteroatoms. The number of halogens is 1. The molecule has 110 valence electrons. The minimum atomic E-state index is -0.316. The number of hydrogen-bond donors (Lipinski definition) is 2. The van der Waals surface area contributed by atoms with Crippen molar-refractivity contribution in [2.45, 2.75) is 13.8 Å². The third-order valence-corrected chi connectivity index (χ3v) is 2.78. The van der Waals surface area contributed by atoms with Gasteiger partial charge in [-0.05, 0) is 36.2 Å². The Morgan fingerprint density at radius 1 is 1.24 bits per heavy atom. The van der Waals surface area contributed by atoms with Crippen LogP contribution < -0.4 is 10.6 Å². The minimum Gasteiger partial charge on any atom is -0.355 e. The lowest BCUT2D eigenvalue weighted by molar-refractivity contribution is 0.0944. The lowest BCUT2D eigenvalue weighted by atomic mass is 10.2. The van der Waals surface area contributed by atoms with Crippen molar-refractivity contribution in [3.05, 3.63) is 54.1 Å². The number of pyridine rings is 1. The molecule has 2 rings (SSSR count). The van der Waals surface area contributed by atoms with Crippen LogP contribution in [0, 0.1) is 11.7 Å². The summed E-state index contributed by atoms with van der Waals surface area (Å²) in [6, 6.07) is 9.50. The van der Waals surface area contributed by atoms with E-state index in [4.69, 9.17) is 0 Å². The Kier molecular flexibility index (Phi) is 4.87. The van der Waals surface area contributed by atoms with Gasteiger partial charge in [0.15, 0.2) is 0 Å². The summed E-state index contributed by atoms with van der Waals surface area (Å²) >= 11 is 0. The van der Waals surface area contributed by atoms with E-state index in [1.807, 2.05) is 13.8 Å². The zero-order valence-electron chi connectivity index (χ0n) is 12.1. The van der Waals surface area contributed by atoms with Gasteiger partial charge in [0, 0.05) is 24.1 Å². The van der Waals surface area contributed by atoms with Gasteiger partial charge in [0.1, 0.15) is 11.5 Å². The highest BCUT2D eigenvalue weighted by Gasteiger charge is 2.08. The van der Waals surface area contributed by atoms with E-state index in [-0.39, 0.29) is 11.7 Å². The summed E-state index contributed by atoms with van der Waals surface area (Å²) in [5, 5.41) is 5.85. The Morgan fingerprint density at radius 2 is 2.00 bits per heavy atom. The second-order valence-corrected chi connectivity index (χ2v) is 5.17. The topological polar surface area (TPSA) is 54.0 Å². The number of benzene rings is 1. The molecule has 0 fully saturated rings. The van der Waals surface area contributed by atoms with Crippen LogP contribution in [0.1, 0.15) is 24.3 Å². The molecule has 21 heavy (non-hydrogen) atoms.